The molecule has 4 heterocycles. The number of hydrogen-bond acceptors (Lipinski definition) is 6. The van der Waals surface area contributed by atoms with Crippen molar-refractivity contribution in [2.45, 2.75) is 69.0 Å². The van der Waals surface area contributed by atoms with Gasteiger partial charge in [-0.1, -0.05) is 12.1 Å². The number of ether oxygens (including phenoxy) is 1. The SMILES string of the molecule is CC(C)(C)OC(=O)N1CCCCC12CCN(S(=O)(=O)c1ccc(CNC(=O)c3ccc4nccn4c3)cc1)C2. The van der Waals surface area contributed by atoms with Crippen LogP contribution in [0.5, 0.6) is 0 Å². The number of rotatable bonds is 5. The minimum atomic E-state index is -3.75. The number of amides is 2. The smallest absolute Gasteiger partial charge is 0.410 e. The van der Waals surface area contributed by atoms with Gasteiger partial charge in [0.15, 0.2) is 0 Å². The molecule has 10 nitrogen and oxygen atoms in total. The second kappa shape index (κ2) is 10.3. The summed E-state index contributed by atoms with van der Waals surface area (Å²) in [5, 5.41) is 2.87. The predicted molar refractivity (Wildman–Crippen MR) is 146 cm³/mol. The summed E-state index contributed by atoms with van der Waals surface area (Å²) in [6, 6.07) is 10.1. The topological polar surface area (TPSA) is 113 Å². The molecule has 3 aromatic rings. The molecule has 1 spiro atoms. The first-order valence-corrected chi connectivity index (χ1v) is 14.7. The second-order valence-electron chi connectivity index (χ2n) is 11.3. The van der Waals surface area contributed by atoms with Gasteiger partial charge >= 0.3 is 6.09 Å². The Morgan fingerprint density at radius 1 is 1.05 bits per heavy atom. The second-order valence-corrected chi connectivity index (χ2v) is 13.3. The van der Waals surface area contributed by atoms with Crippen molar-refractivity contribution >= 4 is 27.7 Å². The number of carbonyl (C=O) groups excluding carboxylic acids is 2. The fourth-order valence-electron chi connectivity index (χ4n) is 5.41. The van der Waals surface area contributed by atoms with Crippen LogP contribution in [-0.4, -0.2) is 69.8 Å². The number of likely N-dealkylation sites (tertiary alicyclic amines) is 1. The molecular weight excluding hydrogens is 518 g/mol. The van der Waals surface area contributed by atoms with Crippen molar-refractivity contribution in [3.63, 3.8) is 0 Å². The molecule has 1 N–H and O–H groups in total. The largest absolute Gasteiger partial charge is 0.444 e. The molecule has 2 aliphatic heterocycles. The maximum atomic E-state index is 13.5. The Labute approximate surface area is 229 Å². The molecule has 1 unspecified atom stereocenters. The molecule has 2 amide bonds. The number of benzene rings is 1. The van der Waals surface area contributed by atoms with E-state index in [2.05, 4.69) is 10.3 Å². The van der Waals surface area contributed by atoms with E-state index in [-0.39, 0.29) is 30.0 Å². The number of fused-ring (bicyclic) bond motifs is 1. The van der Waals surface area contributed by atoms with Crippen molar-refractivity contribution in [2.24, 2.45) is 0 Å². The summed E-state index contributed by atoms with van der Waals surface area (Å²) >= 11 is 0. The summed E-state index contributed by atoms with van der Waals surface area (Å²) in [6.45, 7) is 6.94. The quantitative estimate of drug-likeness (QED) is 0.514. The Hall–Kier alpha value is -3.44. The van der Waals surface area contributed by atoms with Gasteiger partial charge in [0.05, 0.1) is 16.0 Å². The van der Waals surface area contributed by atoms with E-state index >= 15 is 0 Å². The van der Waals surface area contributed by atoms with E-state index in [0.29, 0.717) is 25.1 Å². The van der Waals surface area contributed by atoms with Crippen LogP contribution in [-0.2, 0) is 21.3 Å². The first-order valence-electron chi connectivity index (χ1n) is 13.3. The molecule has 11 heteroatoms. The molecule has 39 heavy (non-hydrogen) atoms. The highest BCUT2D eigenvalue weighted by atomic mass is 32.2. The van der Waals surface area contributed by atoms with Crippen molar-refractivity contribution < 1.29 is 22.7 Å². The third kappa shape index (κ3) is 5.65. The minimum absolute atomic E-state index is 0.194. The maximum absolute atomic E-state index is 13.5. The highest BCUT2D eigenvalue weighted by Crippen LogP contribution is 2.39. The molecule has 208 valence electrons. The molecule has 2 aromatic heterocycles. The van der Waals surface area contributed by atoms with Crippen LogP contribution in [0.4, 0.5) is 4.79 Å². The van der Waals surface area contributed by atoms with Gasteiger partial charge in [0.2, 0.25) is 10.0 Å². The van der Waals surface area contributed by atoms with E-state index in [4.69, 9.17) is 4.74 Å². The van der Waals surface area contributed by atoms with Crippen molar-refractivity contribution in [3.05, 3.63) is 66.1 Å². The molecule has 2 fully saturated rings. The van der Waals surface area contributed by atoms with Crippen LogP contribution in [0.2, 0.25) is 0 Å². The first-order chi connectivity index (χ1) is 18.5. The van der Waals surface area contributed by atoms with Crippen molar-refractivity contribution in [1.29, 1.82) is 0 Å². The van der Waals surface area contributed by atoms with Crippen LogP contribution < -0.4 is 5.32 Å². The average molecular weight is 554 g/mol. The highest BCUT2D eigenvalue weighted by molar-refractivity contribution is 7.89. The minimum Gasteiger partial charge on any atom is -0.444 e. The zero-order valence-corrected chi connectivity index (χ0v) is 23.4. The fourth-order valence-corrected chi connectivity index (χ4v) is 6.93. The summed E-state index contributed by atoms with van der Waals surface area (Å²) in [6.07, 6.45) is 7.95. The Morgan fingerprint density at radius 3 is 2.56 bits per heavy atom. The van der Waals surface area contributed by atoms with Crippen molar-refractivity contribution in [3.8, 4) is 0 Å². The molecule has 2 saturated heterocycles. The maximum Gasteiger partial charge on any atom is 0.410 e. The highest BCUT2D eigenvalue weighted by Gasteiger charge is 2.50. The van der Waals surface area contributed by atoms with Gasteiger partial charge in [-0.15, -0.1) is 0 Å². The fraction of sp³-hybridized carbons (Fsp3) is 0.464. The number of hydrogen-bond donors (Lipinski definition) is 1. The third-order valence-electron chi connectivity index (χ3n) is 7.42. The lowest BCUT2D eigenvalue weighted by atomic mass is 9.86. The molecule has 2 aliphatic rings. The summed E-state index contributed by atoms with van der Waals surface area (Å²) in [5.41, 5.74) is 0.887. The van der Waals surface area contributed by atoms with Gasteiger partial charge in [-0.05, 0) is 76.3 Å². The summed E-state index contributed by atoms with van der Waals surface area (Å²) in [7, 11) is -3.75. The van der Waals surface area contributed by atoms with E-state index in [9.17, 15) is 18.0 Å². The Balaban J connectivity index is 1.23. The number of carbonyl (C=O) groups is 2. The van der Waals surface area contributed by atoms with Crippen molar-refractivity contribution in [1.82, 2.24) is 23.9 Å². The molecular formula is C28H35N5O5S. The Kier molecular flexibility index (Phi) is 7.15. The predicted octanol–water partition coefficient (Wildman–Crippen LogP) is 3.82. The van der Waals surface area contributed by atoms with Crippen LogP contribution in [0.3, 0.4) is 0 Å². The number of nitrogens with one attached hydrogen (secondary N) is 1. The van der Waals surface area contributed by atoms with Gasteiger partial charge in [0, 0.05) is 44.8 Å². The van der Waals surface area contributed by atoms with E-state index in [1.807, 2.05) is 20.8 Å². The van der Waals surface area contributed by atoms with Crippen molar-refractivity contribution in [2.75, 3.05) is 19.6 Å². The number of aromatic nitrogens is 2. The summed E-state index contributed by atoms with van der Waals surface area (Å²) < 4.78 is 36.0. The number of piperidine rings is 1. The normalized spacial score (nSPS) is 20.4. The van der Waals surface area contributed by atoms with Gasteiger partial charge in [-0.25, -0.2) is 18.2 Å². The zero-order chi connectivity index (χ0) is 27.8. The van der Waals surface area contributed by atoms with E-state index in [1.54, 1.807) is 64.3 Å². The molecule has 0 radical (unpaired) electrons. The van der Waals surface area contributed by atoms with Crippen LogP contribution in [0, 0.1) is 0 Å². The summed E-state index contributed by atoms with van der Waals surface area (Å²) in [4.78, 5) is 31.7. The van der Waals surface area contributed by atoms with Gasteiger partial charge < -0.3 is 19.4 Å². The summed E-state index contributed by atoms with van der Waals surface area (Å²) in [5.74, 6) is -0.230. The van der Waals surface area contributed by atoms with Gasteiger partial charge in [0.25, 0.3) is 5.91 Å². The Bertz CT molecular complexity index is 1480. The first kappa shape index (κ1) is 27.1. The third-order valence-corrected chi connectivity index (χ3v) is 9.28. The van der Waals surface area contributed by atoms with Crippen LogP contribution in [0.25, 0.3) is 5.65 Å². The molecule has 5 rings (SSSR count). The molecule has 1 atom stereocenters. The number of nitrogens with zero attached hydrogens (tertiary/aromatic N) is 4. The Morgan fingerprint density at radius 2 is 1.82 bits per heavy atom. The van der Waals surface area contributed by atoms with E-state index in [0.717, 1.165) is 30.5 Å². The van der Waals surface area contributed by atoms with E-state index in [1.165, 1.54) is 4.31 Å². The molecule has 0 bridgehead atoms. The number of sulfonamides is 1. The van der Waals surface area contributed by atoms with Crippen LogP contribution in [0.15, 0.2) is 59.9 Å². The lowest BCUT2D eigenvalue weighted by Gasteiger charge is -2.44. The van der Waals surface area contributed by atoms with Gasteiger partial charge in [-0.2, -0.15) is 4.31 Å². The lowest BCUT2D eigenvalue weighted by Crippen LogP contribution is -2.57. The zero-order valence-electron chi connectivity index (χ0n) is 22.6. The number of imidazole rings is 1. The lowest BCUT2D eigenvalue weighted by molar-refractivity contribution is -0.0120. The average Bonchev–Trinajstić information content (AvgIpc) is 3.54. The molecule has 0 saturated carbocycles. The molecule has 0 aliphatic carbocycles. The van der Waals surface area contributed by atoms with Crippen LogP contribution >= 0.6 is 0 Å². The molecule has 1 aromatic carbocycles. The van der Waals surface area contributed by atoms with Crippen LogP contribution in [0.1, 0.15) is 62.4 Å². The monoisotopic (exact) mass is 553 g/mol. The van der Waals surface area contributed by atoms with E-state index < -0.39 is 21.2 Å². The van der Waals surface area contributed by atoms with Gasteiger partial charge in [-0.3, -0.25) is 4.79 Å². The standard InChI is InChI=1S/C28H35N5O5S/c1-27(2,3)38-26(35)33-15-5-4-12-28(33)13-16-32(20-28)39(36,37)23-9-6-21(7-10-23)18-30-25(34)22-8-11-24-29-14-17-31(24)19-22/h6-11,14,17,19H,4-5,12-13,15-16,18,20H2,1-3H3,(H,30,34). The van der Waals surface area contributed by atoms with Gasteiger partial charge in [0.1, 0.15) is 11.2 Å². The number of pyridine rings is 1.